The van der Waals surface area contributed by atoms with E-state index in [2.05, 4.69) is 21.2 Å². The fraction of sp³-hybridized carbons (Fsp3) is 0.455. The van der Waals surface area contributed by atoms with Gasteiger partial charge in [-0.05, 0) is 25.1 Å². The van der Waals surface area contributed by atoms with Crippen molar-refractivity contribution in [3.05, 3.63) is 28.2 Å². The predicted molar refractivity (Wildman–Crippen MR) is 67.3 cm³/mol. The van der Waals surface area contributed by atoms with Crippen molar-refractivity contribution in [2.45, 2.75) is 25.2 Å². The van der Waals surface area contributed by atoms with E-state index in [9.17, 15) is 18.3 Å². The van der Waals surface area contributed by atoms with Gasteiger partial charge in [-0.25, -0.2) is 0 Å². The standard InChI is InChI=1S/C11H14BrF3N2O/c1-6(18)9(16)5-17-10-4-7(12)2-3-8(10)11(13,14)15/h2-4,6,9,17-18H,5,16H2,1H3. The minimum Gasteiger partial charge on any atom is -0.392 e. The first kappa shape index (κ1) is 15.3. The summed E-state index contributed by atoms with van der Waals surface area (Å²) < 4.78 is 38.7. The van der Waals surface area contributed by atoms with E-state index in [1.165, 1.54) is 19.1 Å². The van der Waals surface area contributed by atoms with Gasteiger partial charge in [0.05, 0.1) is 11.7 Å². The zero-order valence-corrected chi connectivity index (χ0v) is 11.2. The summed E-state index contributed by atoms with van der Waals surface area (Å²) in [6, 6.07) is 3.01. The lowest BCUT2D eigenvalue weighted by Gasteiger charge is -2.19. The number of alkyl halides is 3. The predicted octanol–water partition coefficient (Wildman–Crippen LogP) is 2.59. The van der Waals surface area contributed by atoms with Crippen molar-refractivity contribution in [2.75, 3.05) is 11.9 Å². The maximum atomic E-state index is 12.7. The van der Waals surface area contributed by atoms with Crippen LogP contribution in [0.5, 0.6) is 0 Å². The van der Waals surface area contributed by atoms with Crippen LogP contribution in [0.25, 0.3) is 0 Å². The number of aliphatic hydroxyl groups is 1. The number of rotatable bonds is 4. The van der Waals surface area contributed by atoms with Gasteiger partial charge >= 0.3 is 6.18 Å². The summed E-state index contributed by atoms with van der Waals surface area (Å²) in [5.74, 6) is 0. The highest BCUT2D eigenvalue weighted by molar-refractivity contribution is 9.10. The van der Waals surface area contributed by atoms with Gasteiger partial charge in [-0.2, -0.15) is 13.2 Å². The number of hydrogen-bond donors (Lipinski definition) is 3. The molecule has 0 heterocycles. The molecule has 0 saturated heterocycles. The number of hydrogen-bond acceptors (Lipinski definition) is 3. The number of anilines is 1. The Bertz CT molecular complexity index is 410. The molecule has 0 amide bonds. The molecule has 0 aliphatic heterocycles. The molecule has 0 spiro atoms. The third-order valence-electron chi connectivity index (χ3n) is 2.43. The summed E-state index contributed by atoms with van der Waals surface area (Å²) in [7, 11) is 0. The lowest BCUT2D eigenvalue weighted by atomic mass is 10.1. The molecule has 4 N–H and O–H groups in total. The van der Waals surface area contributed by atoms with Crippen LogP contribution in [0.2, 0.25) is 0 Å². The van der Waals surface area contributed by atoms with Gasteiger partial charge in [-0.15, -0.1) is 0 Å². The average Bonchev–Trinajstić information content (AvgIpc) is 2.23. The fourth-order valence-electron chi connectivity index (χ4n) is 1.31. The second-order valence-corrected chi connectivity index (χ2v) is 4.89. The molecule has 102 valence electrons. The first-order valence-electron chi connectivity index (χ1n) is 5.26. The smallest absolute Gasteiger partial charge is 0.392 e. The van der Waals surface area contributed by atoms with Crippen molar-refractivity contribution in [2.24, 2.45) is 5.73 Å². The maximum absolute atomic E-state index is 12.7. The summed E-state index contributed by atoms with van der Waals surface area (Å²) in [5, 5.41) is 11.8. The summed E-state index contributed by atoms with van der Waals surface area (Å²) in [6.07, 6.45) is -5.23. The molecule has 1 aromatic rings. The Morgan fingerprint density at radius 3 is 2.56 bits per heavy atom. The zero-order valence-electron chi connectivity index (χ0n) is 9.63. The summed E-state index contributed by atoms with van der Waals surface area (Å²) in [4.78, 5) is 0. The molecule has 0 aliphatic carbocycles. The van der Waals surface area contributed by atoms with Crippen molar-refractivity contribution in [1.82, 2.24) is 0 Å². The number of halogens is 4. The molecule has 0 fully saturated rings. The largest absolute Gasteiger partial charge is 0.418 e. The lowest BCUT2D eigenvalue weighted by molar-refractivity contribution is -0.137. The van der Waals surface area contributed by atoms with Gasteiger partial charge in [-0.1, -0.05) is 15.9 Å². The van der Waals surface area contributed by atoms with E-state index in [1.54, 1.807) is 0 Å². The maximum Gasteiger partial charge on any atom is 0.418 e. The third-order valence-corrected chi connectivity index (χ3v) is 2.93. The van der Waals surface area contributed by atoms with Gasteiger partial charge in [0.1, 0.15) is 0 Å². The Kier molecular flexibility index (Phi) is 5.01. The molecule has 1 rings (SSSR count). The van der Waals surface area contributed by atoms with Crippen LogP contribution in [0, 0.1) is 0 Å². The molecule has 7 heteroatoms. The minimum absolute atomic E-state index is 0.0528. The van der Waals surface area contributed by atoms with Crippen molar-refractivity contribution in [1.29, 1.82) is 0 Å². The fourth-order valence-corrected chi connectivity index (χ4v) is 1.67. The zero-order chi connectivity index (χ0) is 13.9. The number of benzene rings is 1. The summed E-state index contributed by atoms with van der Waals surface area (Å²) in [5.41, 5.74) is 4.73. The minimum atomic E-state index is -4.43. The second-order valence-electron chi connectivity index (χ2n) is 3.97. The molecule has 0 saturated carbocycles. The van der Waals surface area contributed by atoms with Crippen LogP contribution in [0.4, 0.5) is 18.9 Å². The molecular weight excluding hydrogens is 313 g/mol. The van der Waals surface area contributed by atoms with E-state index in [4.69, 9.17) is 5.73 Å². The number of nitrogens with two attached hydrogens (primary N) is 1. The first-order valence-corrected chi connectivity index (χ1v) is 6.05. The molecule has 2 atom stereocenters. The van der Waals surface area contributed by atoms with Gasteiger partial charge in [0.2, 0.25) is 0 Å². The molecule has 0 aliphatic rings. The SMILES string of the molecule is CC(O)C(N)CNc1cc(Br)ccc1C(F)(F)F. The second kappa shape index (κ2) is 5.90. The van der Waals surface area contributed by atoms with E-state index in [0.29, 0.717) is 4.47 Å². The van der Waals surface area contributed by atoms with Gasteiger partial charge in [0.25, 0.3) is 0 Å². The molecular formula is C11H14BrF3N2O. The normalized spacial score (nSPS) is 15.3. The monoisotopic (exact) mass is 326 g/mol. The average molecular weight is 327 g/mol. The third kappa shape index (κ3) is 4.15. The Morgan fingerprint density at radius 1 is 1.44 bits per heavy atom. The van der Waals surface area contributed by atoms with Gasteiger partial charge in [0, 0.05) is 22.7 Å². The van der Waals surface area contributed by atoms with E-state index in [-0.39, 0.29) is 12.2 Å². The molecule has 2 unspecified atom stereocenters. The summed E-state index contributed by atoms with van der Waals surface area (Å²) in [6.45, 7) is 1.54. The van der Waals surface area contributed by atoms with Crippen LogP contribution in [0.3, 0.4) is 0 Å². The van der Waals surface area contributed by atoms with Crippen LogP contribution in [0.15, 0.2) is 22.7 Å². The number of nitrogens with one attached hydrogen (secondary N) is 1. The van der Waals surface area contributed by atoms with Gasteiger partial charge in [0.15, 0.2) is 0 Å². The Hall–Kier alpha value is -0.790. The van der Waals surface area contributed by atoms with Crippen LogP contribution in [0.1, 0.15) is 12.5 Å². The first-order chi connectivity index (χ1) is 8.21. The molecule has 1 aromatic carbocycles. The Labute approximate surface area is 111 Å². The van der Waals surface area contributed by atoms with Crippen molar-refractivity contribution < 1.29 is 18.3 Å². The van der Waals surface area contributed by atoms with Crippen molar-refractivity contribution in [3.8, 4) is 0 Å². The van der Waals surface area contributed by atoms with Crippen LogP contribution >= 0.6 is 15.9 Å². The molecule has 0 radical (unpaired) electrons. The van der Waals surface area contributed by atoms with E-state index in [0.717, 1.165) is 6.07 Å². The van der Waals surface area contributed by atoms with Crippen LogP contribution in [-0.4, -0.2) is 23.8 Å². The summed E-state index contributed by atoms with van der Waals surface area (Å²) >= 11 is 3.11. The van der Waals surface area contributed by atoms with Crippen LogP contribution < -0.4 is 11.1 Å². The van der Waals surface area contributed by atoms with Crippen molar-refractivity contribution in [3.63, 3.8) is 0 Å². The van der Waals surface area contributed by atoms with Gasteiger partial charge < -0.3 is 16.2 Å². The highest BCUT2D eigenvalue weighted by atomic mass is 79.9. The van der Waals surface area contributed by atoms with Crippen LogP contribution in [-0.2, 0) is 6.18 Å². The molecule has 0 bridgehead atoms. The Balaban J connectivity index is 2.90. The molecule has 3 nitrogen and oxygen atoms in total. The van der Waals surface area contributed by atoms with E-state index in [1.807, 2.05) is 0 Å². The highest BCUT2D eigenvalue weighted by Gasteiger charge is 2.33. The number of aliphatic hydroxyl groups excluding tert-OH is 1. The van der Waals surface area contributed by atoms with Gasteiger partial charge in [-0.3, -0.25) is 0 Å². The lowest BCUT2D eigenvalue weighted by Crippen LogP contribution is -2.39. The van der Waals surface area contributed by atoms with Crippen molar-refractivity contribution >= 4 is 21.6 Å². The quantitative estimate of drug-likeness (QED) is 0.797. The van der Waals surface area contributed by atoms with E-state index < -0.39 is 23.9 Å². The molecule has 0 aromatic heterocycles. The highest BCUT2D eigenvalue weighted by Crippen LogP contribution is 2.36. The topological polar surface area (TPSA) is 58.3 Å². The Morgan fingerprint density at radius 2 is 2.06 bits per heavy atom. The van der Waals surface area contributed by atoms with E-state index >= 15 is 0 Å². The molecule has 18 heavy (non-hydrogen) atoms.